The van der Waals surface area contributed by atoms with Crippen LogP contribution < -0.4 is 10.2 Å². The van der Waals surface area contributed by atoms with E-state index in [1.54, 1.807) is 60.7 Å². The van der Waals surface area contributed by atoms with Gasteiger partial charge in [-0.15, -0.1) is 0 Å². The topological polar surface area (TPSA) is 83.5 Å². The lowest BCUT2D eigenvalue weighted by atomic mass is 10.0. The molecule has 0 aliphatic heterocycles. The van der Waals surface area contributed by atoms with Crippen molar-refractivity contribution in [2.45, 2.75) is 0 Å². The van der Waals surface area contributed by atoms with E-state index in [1.807, 2.05) is 30.3 Å². The molecule has 0 saturated carbocycles. The number of hydrazone groups is 1. The molecule has 0 bridgehead atoms. The Morgan fingerprint density at radius 1 is 0.892 bits per heavy atom. The fourth-order valence-electron chi connectivity index (χ4n) is 3.90. The zero-order chi connectivity index (χ0) is 25.8. The van der Waals surface area contributed by atoms with Crippen molar-refractivity contribution in [2.24, 2.45) is 5.10 Å². The lowest BCUT2D eigenvalue weighted by Gasteiger charge is -2.07. The van der Waals surface area contributed by atoms with Crippen molar-refractivity contribution in [2.75, 3.05) is 0 Å². The van der Waals surface area contributed by atoms with Crippen LogP contribution in [0.25, 0.3) is 22.0 Å². The number of nitrogens with one attached hydrogen (secondary N) is 2. The predicted octanol–water partition coefficient (Wildman–Crippen LogP) is 6.61. The maximum Gasteiger partial charge on any atom is 0.343 e. The van der Waals surface area contributed by atoms with E-state index >= 15 is 0 Å². The Hall–Kier alpha value is -4.75. The Kier molecular flexibility index (Phi) is 6.78. The molecule has 4 aromatic carbocycles. The average Bonchev–Trinajstić information content (AvgIpc) is 3.31. The predicted molar refractivity (Wildman–Crippen MR) is 142 cm³/mol. The van der Waals surface area contributed by atoms with Gasteiger partial charge in [0.15, 0.2) is 0 Å². The van der Waals surface area contributed by atoms with Gasteiger partial charge in [-0.1, -0.05) is 66.2 Å². The van der Waals surface area contributed by atoms with Crippen molar-refractivity contribution >= 4 is 40.6 Å². The van der Waals surface area contributed by atoms with Gasteiger partial charge in [-0.2, -0.15) is 5.10 Å². The highest BCUT2D eigenvalue weighted by Gasteiger charge is 2.20. The molecule has 182 valence electrons. The van der Waals surface area contributed by atoms with E-state index in [-0.39, 0.29) is 17.0 Å². The van der Waals surface area contributed by atoms with Crippen LogP contribution in [0.4, 0.5) is 4.39 Å². The SMILES string of the molecule is O=C(Oc1ccccc1C=NNC(=O)c1[nH]c2c(F)cccc2c1-c1ccccc1)c1ccc(Cl)cc1. The standard InChI is InChI=1S/C29H19ClFN3O3/c30-21-15-13-19(14-16-21)29(36)37-24-12-5-4-9-20(24)17-32-34-28(35)27-25(18-7-2-1-3-8-18)22-10-6-11-23(31)26(22)33-27/h1-17,33H,(H,34,35). The number of para-hydroxylation sites is 2. The molecule has 5 aromatic rings. The van der Waals surface area contributed by atoms with Crippen molar-refractivity contribution in [1.29, 1.82) is 0 Å². The van der Waals surface area contributed by atoms with Crippen LogP contribution in [0.3, 0.4) is 0 Å². The maximum absolute atomic E-state index is 14.5. The molecule has 0 radical (unpaired) electrons. The van der Waals surface area contributed by atoms with Crippen LogP contribution in [-0.4, -0.2) is 23.1 Å². The Labute approximate surface area is 216 Å². The molecule has 37 heavy (non-hydrogen) atoms. The van der Waals surface area contributed by atoms with Crippen LogP contribution in [0.2, 0.25) is 5.02 Å². The zero-order valence-electron chi connectivity index (χ0n) is 19.2. The van der Waals surface area contributed by atoms with Gasteiger partial charge in [0.25, 0.3) is 5.91 Å². The van der Waals surface area contributed by atoms with E-state index in [4.69, 9.17) is 16.3 Å². The number of rotatable bonds is 6. The molecule has 0 aliphatic rings. The third-order valence-electron chi connectivity index (χ3n) is 5.64. The van der Waals surface area contributed by atoms with Crippen molar-refractivity contribution in [1.82, 2.24) is 10.4 Å². The summed E-state index contributed by atoms with van der Waals surface area (Å²) in [6, 6.07) is 27.0. The summed E-state index contributed by atoms with van der Waals surface area (Å²) in [7, 11) is 0. The summed E-state index contributed by atoms with van der Waals surface area (Å²) in [5.41, 5.74) is 5.01. The first-order chi connectivity index (χ1) is 18.0. The minimum absolute atomic E-state index is 0.172. The summed E-state index contributed by atoms with van der Waals surface area (Å²) >= 11 is 5.88. The smallest absolute Gasteiger partial charge is 0.343 e. The number of H-pyrrole nitrogens is 1. The number of ether oxygens (including phenoxy) is 1. The molecule has 1 aromatic heterocycles. The fourth-order valence-corrected chi connectivity index (χ4v) is 4.02. The van der Waals surface area contributed by atoms with Gasteiger partial charge in [-0.05, 0) is 48.0 Å². The first-order valence-corrected chi connectivity index (χ1v) is 11.6. The number of carbonyl (C=O) groups is 2. The minimum atomic E-state index is -0.561. The molecule has 0 fully saturated rings. The summed E-state index contributed by atoms with van der Waals surface area (Å²) in [6.45, 7) is 0. The largest absolute Gasteiger partial charge is 0.422 e. The van der Waals surface area contributed by atoms with E-state index in [9.17, 15) is 14.0 Å². The summed E-state index contributed by atoms with van der Waals surface area (Å²) in [4.78, 5) is 28.5. The average molecular weight is 512 g/mol. The molecular formula is C29H19ClFN3O3. The van der Waals surface area contributed by atoms with Crippen LogP contribution >= 0.6 is 11.6 Å². The van der Waals surface area contributed by atoms with Gasteiger partial charge in [-0.3, -0.25) is 4.79 Å². The van der Waals surface area contributed by atoms with E-state index in [2.05, 4.69) is 15.5 Å². The van der Waals surface area contributed by atoms with Gasteiger partial charge in [0.2, 0.25) is 0 Å². The van der Waals surface area contributed by atoms with Crippen molar-refractivity contribution in [3.05, 3.63) is 125 Å². The van der Waals surface area contributed by atoms with Crippen molar-refractivity contribution < 1.29 is 18.7 Å². The number of esters is 1. The van der Waals surface area contributed by atoms with Gasteiger partial charge < -0.3 is 9.72 Å². The van der Waals surface area contributed by atoms with Gasteiger partial charge in [-0.25, -0.2) is 14.6 Å². The number of hydrogen-bond donors (Lipinski definition) is 2. The zero-order valence-corrected chi connectivity index (χ0v) is 20.0. The minimum Gasteiger partial charge on any atom is -0.422 e. The van der Waals surface area contributed by atoms with E-state index in [0.717, 1.165) is 5.56 Å². The number of benzene rings is 4. The number of carbonyl (C=O) groups excluding carboxylic acids is 2. The molecule has 2 N–H and O–H groups in total. The molecule has 6 nitrogen and oxygen atoms in total. The Bertz CT molecular complexity index is 1630. The van der Waals surface area contributed by atoms with Crippen LogP contribution in [0.5, 0.6) is 5.75 Å². The van der Waals surface area contributed by atoms with Gasteiger partial charge in [0.05, 0.1) is 17.3 Å². The molecule has 0 unspecified atom stereocenters. The van der Waals surface area contributed by atoms with E-state index < -0.39 is 17.7 Å². The van der Waals surface area contributed by atoms with Gasteiger partial charge in [0.1, 0.15) is 17.3 Å². The second-order valence-corrected chi connectivity index (χ2v) is 8.47. The third-order valence-corrected chi connectivity index (χ3v) is 5.90. The fraction of sp³-hybridized carbons (Fsp3) is 0. The number of aromatic nitrogens is 1. The third kappa shape index (κ3) is 5.12. The Morgan fingerprint density at radius 2 is 1.62 bits per heavy atom. The highest BCUT2D eigenvalue weighted by molar-refractivity contribution is 6.30. The second kappa shape index (κ2) is 10.5. The molecular weight excluding hydrogens is 493 g/mol. The number of hydrogen-bond acceptors (Lipinski definition) is 4. The van der Waals surface area contributed by atoms with Crippen molar-refractivity contribution in [3.8, 4) is 16.9 Å². The lowest BCUT2D eigenvalue weighted by Crippen LogP contribution is -2.19. The van der Waals surface area contributed by atoms with Crippen LogP contribution in [-0.2, 0) is 0 Å². The molecule has 0 atom stereocenters. The second-order valence-electron chi connectivity index (χ2n) is 8.04. The number of aromatic amines is 1. The number of fused-ring (bicyclic) bond motifs is 1. The first-order valence-electron chi connectivity index (χ1n) is 11.3. The summed E-state index contributed by atoms with van der Waals surface area (Å²) in [6.07, 6.45) is 1.37. The van der Waals surface area contributed by atoms with Crippen LogP contribution in [0.1, 0.15) is 26.4 Å². The first kappa shape index (κ1) is 24.0. The molecule has 0 saturated heterocycles. The summed E-state index contributed by atoms with van der Waals surface area (Å²) < 4.78 is 20.0. The molecule has 0 spiro atoms. The van der Waals surface area contributed by atoms with Gasteiger partial charge in [0, 0.05) is 21.5 Å². The van der Waals surface area contributed by atoms with Crippen LogP contribution in [0.15, 0.2) is 102 Å². The Morgan fingerprint density at radius 3 is 2.41 bits per heavy atom. The Balaban J connectivity index is 1.39. The van der Waals surface area contributed by atoms with E-state index in [0.29, 0.717) is 27.1 Å². The van der Waals surface area contributed by atoms with Crippen LogP contribution in [0, 0.1) is 5.82 Å². The normalized spacial score (nSPS) is 11.1. The number of amides is 1. The molecule has 8 heteroatoms. The lowest BCUT2D eigenvalue weighted by molar-refractivity contribution is 0.0734. The molecule has 5 rings (SSSR count). The quantitative estimate of drug-likeness (QED) is 0.116. The number of halogens is 2. The summed E-state index contributed by atoms with van der Waals surface area (Å²) in [5, 5.41) is 5.14. The number of nitrogens with zero attached hydrogens (tertiary/aromatic N) is 1. The molecule has 1 amide bonds. The molecule has 1 heterocycles. The molecule has 0 aliphatic carbocycles. The maximum atomic E-state index is 14.5. The monoisotopic (exact) mass is 511 g/mol. The van der Waals surface area contributed by atoms with Crippen molar-refractivity contribution in [3.63, 3.8) is 0 Å². The summed E-state index contributed by atoms with van der Waals surface area (Å²) in [5.74, 6) is -1.32. The van der Waals surface area contributed by atoms with E-state index in [1.165, 1.54) is 12.3 Å². The highest BCUT2D eigenvalue weighted by Crippen LogP contribution is 2.33. The highest BCUT2D eigenvalue weighted by atomic mass is 35.5. The van der Waals surface area contributed by atoms with Gasteiger partial charge >= 0.3 is 5.97 Å².